The predicted molar refractivity (Wildman–Crippen MR) is 65.9 cm³/mol. The third-order valence-corrected chi connectivity index (χ3v) is 2.28. The zero-order valence-corrected chi connectivity index (χ0v) is 9.73. The summed E-state index contributed by atoms with van der Waals surface area (Å²) in [5.41, 5.74) is -0.0723. The Hall–Kier alpha value is -2.34. The van der Waals surface area contributed by atoms with Crippen LogP contribution in [0.4, 0.5) is 5.69 Å². The maximum Gasteiger partial charge on any atom is 0.256 e. The van der Waals surface area contributed by atoms with Crippen LogP contribution in [0.1, 0.15) is 10.4 Å². The normalized spacial score (nSPS) is 10.1. The van der Waals surface area contributed by atoms with Crippen LogP contribution in [-0.2, 0) is 0 Å². The summed E-state index contributed by atoms with van der Waals surface area (Å²) in [6.45, 7) is 0. The fourth-order valence-electron chi connectivity index (χ4n) is 1.34. The number of hydrogen-bond donors (Lipinski definition) is 3. The van der Waals surface area contributed by atoms with Gasteiger partial charge >= 0.3 is 0 Å². The smallest absolute Gasteiger partial charge is 0.256 e. The van der Waals surface area contributed by atoms with Gasteiger partial charge in [0.2, 0.25) is 0 Å². The molecule has 0 aliphatic rings. The third kappa shape index (κ3) is 2.86. The number of rotatable bonds is 2. The standard InChI is InChI=1S/C11H8ClN3O3/c12-8-5-7(1-2-13-8)14-11(18)6-3-9(16)15-10(17)4-6/h1-5H,(H,13,14,18)(H2,15,16,17). The molecule has 3 N–H and O–H groups in total. The van der Waals surface area contributed by atoms with Crippen LogP contribution < -0.4 is 10.9 Å². The molecule has 0 aliphatic heterocycles. The minimum Gasteiger partial charge on any atom is -0.494 e. The molecule has 0 saturated heterocycles. The van der Waals surface area contributed by atoms with Gasteiger partial charge in [-0.15, -0.1) is 0 Å². The zero-order valence-electron chi connectivity index (χ0n) is 8.98. The van der Waals surface area contributed by atoms with Gasteiger partial charge in [-0.3, -0.25) is 14.6 Å². The van der Waals surface area contributed by atoms with E-state index in [0.29, 0.717) is 5.69 Å². The largest absolute Gasteiger partial charge is 0.494 e. The van der Waals surface area contributed by atoms with Gasteiger partial charge in [-0.2, -0.15) is 0 Å². The van der Waals surface area contributed by atoms with Crippen molar-refractivity contribution < 1.29 is 9.90 Å². The number of carbonyl (C=O) groups is 1. The molecule has 0 aromatic carbocycles. The van der Waals surface area contributed by atoms with Crippen molar-refractivity contribution in [1.82, 2.24) is 9.97 Å². The number of nitrogens with zero attached hydrogens (tertiary/aromatic N) is 1. The zero-order chi connectivity index (χ0) is 13.1. The van der Waals surface area contributed by atoms with Gasteiger partial charge in [0.05, 0.1) is 5.56 Å². The Bertz CT molecular complexity index is 654. The molecule has 7 heteroatoms. The van der Waals surface area contributed by atoms with E-state index in [9.17, 15) is 14.7 Å². The molecule has 18 heavy (non-hydrogen) atoms. The first-order valence-corrected chi connectivity index (χ1v) is 5.28. The maximum absolute atomic E-state index is 11.8. The molecule has 92 valence electrons. The average Bonchev–Trinajstić information content (AvgIpc) is 2.27. The molecular formula is C11H8ClN3O3. The number of pyridine rings is 2. The number of aromatic amines is 1. The van der Waals surface area contributed by atoms with Gasteiger partial charge in [0, 0.05) is 24.0 Å². The lowest BCUT2D eigenvalue weighted by Crippen LogP contribution is -2.15. The minimum atomic E-state index is -0.562. The van der Waals surface area contributed by atoms with Gasteiger partial charge < -0.3 is 10.4 Å². The fraction of sp³-hybridized carbons (Fsp3) is 0. The van der Waals surface area contributed by atoms with E-state index in [1.165, 1.54) is 12.3 Å². The van der Waals surface area contributed by atoms with Crippen LogP contribution in [0.2, 0.25) is 5.15 Å². The van der Waals surface area contributed by atoms with E-state index in [1.807, 2.05) is 0 Å². The SMILES string of the molecule is O=C(Nc1ccnc(Cl)c1)c1cc(O)[nH]c(=O)c1. The molecule has 0 spiro atoms. The summed E-state index contributed by atoms with van der Waals surface area (Å²) < 4.78 is 0. The summed E-state index contributed by atoms with van der Waals surface area (Å²) in [7, 11) is 0. The van der Waals surface area contributed by atoms with Crippen molar-refractivity contribution in [2.45, 2.75) is 0 Å². The van der Waals surface area contributed by atoms with Crippen LogP contribution in [0.3, 0.4) is 0 Å². The fourth-order valence-corrected chi connectivity index (χ4v) is 1.52. The lowest BCUT2D eigenvalue weighted by Gasteiger charge is -2.05. The number of H-pyrrole nitrogens is 1. The van der Waals surface area contributed by atoms with Crippen molar-refractivity contribution in [3.8, 4) is 5.88 Å². The van der Waals surface area contributed by atoms with Gasteiger partial charge in [-0.25, -0.2) is 4.98 Å². The first kappa shape index (κ1) is 12.1. The molecular weight excluding hydrogens is 258 g/mol. The number of aromatic hydroxyl groups is 1. The lowest BCUT2D eigenvalue weighted by molar-refractivity contribution is 0.102. The topological polar surface area (TPSA) is 95.1 Å². The molecule has 2 aromatic rings. The van der Waals surface area contributed by atoms with E-state index in [4.69, 9.17) is 11.6 Å². The first-order valence-electron chi connectivity index (χ1n) is 4.91. The van der Waals surface area contributed by atoms with E-state index in [-0.39, 0.29) is 16.6 Å². The molecule has 0 aliphatic carbocycles. The second-order valence-corrected chi connectivity index (χ2v) is 3.83. The number of aromatic nitrogens is 2. The molecule has 0 unspecified atom stereocenters. The Morgan fingerprint density at radius 2 is 2.17 bits per heavy atom. The highest BCUT2D eigenvalue weighted by Gasteiger charge is 2.08. The number of carbonyl (C=O) groups excluding carboxylic acids is 1. The highest BCUT2D eigenvalue weighted by atomic mass is 35.5. The van der Waals surface area contributed by atoms with Crippen molar-refractivity contribution in [3.05, 3.63) is 51.5 Å². The second kappa shape index (κ2) is 4.89. The Balaban J connectivity index is 2.24. The van der Waals surface area contributed by atoms with E-state index >= 15 is 0 Å². The third-order valence-electron chi connectivity index (χ3n) is 2.08. The molecule has 2 aromatic heterocycles. The van der Waals surface area contributed by atoms with Crippen LogP contribution >= 0.6 is 11.6 Å². The van der Waals surface area contributed by atoms with Crippen molar-refractivity contribution in [2.24, 2.45) is 0 Å². The number of nitrogens with one attached hydrogen (secondary N) is 2. The van der Waals surface area contributed by atoms with E-state index in [1.54, 1.807) is 6.07 Å². The van der Waals surface area contributed by atoms with Crippen molar-refractivity contribution in [3.63, 3.8) is 0 Å². The summed E-state index contributed by atoms with van der Waals surface area (Å²) in [4.78, 5) is 28.8. The number of hydrogen-bond acceptors (Lipinski definition) is 4. The number of halogens is 1. The molecule has 0 atom stereocenters. The summed E-state index contributed by atoms with van der Waals surface area (Å²) >= 11 is 5.67. The monoisotopic (exact) mass is 265 g/mol. The van der Waals surface area contributed by atoms with Gasteiger partial charge in [0.15, 0.2) is 5.88 Å². The van der Waals surface area contributed by atoms with Gasteiger partial charge in [-0.1, -0.05) is 11.6 Å². The molecule has 0 saturated carbocycles. The molecule has 2 rings (SSSR count). The van der Waals surface area contributed by atoms with Crippen LogP contribution in [0, 0.1) is 0 Å². The van der Waals surface area contributed by atoms with Crippen molar-refractivity contribution >= 4 is 23.2 Å². The average molecular weight is 266 g/mol. The van der Waals surface area contributed by atoms with Crippen LogP contribution in [0.15, 0.2) is 35.3 Å². The Morgan fingerprint density at radius 1 is 1.39 bits per heavy atom. The molecule has 0 fully saturated rings. The minimum absolute atomic E-state index is 0.0455. The van der Waals surface area contributed by atoms with E-state index < -0.39 is 11.5 Å². The predicted octanol–water partition coefficient (Wildman–Crippen LogP) is 1.38. The molecule has 1 amide bonds. The first-order chi connectivity index (χ1) is 8.54. The summed E-state index contributed by atoms with van der Waals surface area (Å²) in [6.07, 6.45) is 1.44. The second-order valence-electron chi connectivity index (χ2n) is 3.44. The Labute approximate surface area is 106 Å². The van der Waals surface area contributed by atoms with E-state index in [0.717, 1.165) is 12.1 Å². The summed E-state index contributed by atoms with van der Waals surface area (Å²) in [5.74, 6) is -0.904. The summed E-state index contributed by atoms with van der Waals surface area (Å²) in [6, 6.07) is 5.25. The quantitative estimate of drug-likeness (QED) is 0.715. The number of amides is 1. The summed E-state index contributed by atoms with van der Waals surface area (Å²) in [5, 5.41) is 12.0. The highest BCUT2D eigenvalue weighted by Crippen LogP contribution is 2.13. The Kier molecular flexibility index (Phi) is 3.29. The van der Waals surface area contributed by atoms with Gasteiger partial charge in [0.25, 0.3) is 11.5 Å². The molecule has 2 heterocycles. The lowest BCUT2D eigenvalue weighted by atomic mass is 10.2. The van der Waals surface area contributed by atoms with Crippen LogP contribution in [-0.4, -0.2) is 21.0 Å². The molecule has 0 radical (unpaired) electrons. The van der Waals surface area contributed by atoms with Crippen molar-refractivity contribution in [2.75, 3.05) is 5.32 Å². The van der Waals surface area contributed by atoms with Crippen LogP contribution in [0.5, 0.6) is 5.88 Å². The highest BCUT2D eigenvalue weighted by molar-refractivity contribution is 6.29. The van der Waals surface area contributed by atoms with Gasteiger partial charge in [-0.05, 0) is 12.1 Å². The van der Waals surface area contributed by atoms with Gasteiger partial charge in [0.1, 0.15) is 5.15 Å². The van der Waals surface area contributed by atoms with Crippen LogP contribution in [0.25, 0.3) is 0 Å². The number of anilines is 1. The molecule has 0 bridgehead atoms. The van der Waals surface area contributed by atoms with E-state index in [2.05, 4.69) is 15.3 Å². The van der Waals surface area contributed by atoms with Crippen molar-refractivity contribution in [1.29, 1.82) is 0 Å². The Morgan fingerprint density at radius 3 is 2.83 bits per heavy atom. The maximum atomic E-state index is 11.8. The molecule has 6 nitrogen and oxygen atoms in total.